The molecule has 0 radical (unpaired) electrons. The smallest absolute Gasteiger partial charge is 0.290 e. The number of halogens is 1. The van der Waals surface area contributed by atoms with Crippen LogP contribution in [0.3, 0.4) is 0 Å². The highest BCUT2D eigenvalue weighted by Crippen LogP contribution is 2.19. The molecule has 4 heteroatoms. The fourth-order valence-corrected chi connectivity index (χ4v) is 1.63. The zero-order chi connectivity index (χ0) is 11.8. The van der Waals surface area contributed by atoms with Gasteiger partial charge in [-0.15, -0.1) is 0 Å². The van der Waals surface area contributed by atoms with Crippen molar-refractivity contribution in [3.63, 3.8) is 0 Å². The van der Waals surface area contributed by atoms with E-state index in [4.69, 9.17) is 21.5 Å². The van der Waals surface area contributed by atoms with Crippen LogP contribution in [0.5, 0.6) is 0 Å². The molecule has 0 saturated heterocycles. The summed E-state index contributed by atoms with van der Waals surface area (Å²) in [5, 5.41) is 11.3. The van der Waals surface area contributed by atoms with Gasteiger partial charge in [0.2, 0.25) is 0 Å². The fraction of sp³-hybridized carbons (Fsp3) is 0.417. The van der Waals surface area contributed by atoms with Gasteiger partial charge in [0.15, 0.2) is 0 Å². The Labute approximate surface area is 100 Å². The topological polar surface area (TPSA) is 49.3 Å². The van der Waals surface area contributed by atoms with E-state index in [1.54, 1.807) is 0 Å². The zero-order valence-corrected chi connectivity index (χ0v) is 9.78. The normalized spacial score (nSPS) is 13.8. The molecule has 88 valence electrons. The van der Waals surface area contributed by atoms with E-state index in [-0.39, 0.29) is 6.47 Å². The summed E-state index contributed by atoms with van der Waals surface area (Å²) in [7, 11) is 0. The first-order valence-electron chi connectivity index (χ1n) is 5.32. The van der Waals surface area contributed by atoms with E-state index >= 15 is 0 Å². The molecular weight excluding hydrogens is 226 g/mol. The Kier molecular flexibility index (Phi) is 5.90. The number of hydrogen-bond donors (Lipinski definition) is 2. The van der Waals surface area contributed by atoms with Crippen LogP contribution in [-0.2, 0) is 11.2 Å². The predicted molar refractivity (Wildman–Crippen MR) is 64.9 cm³/mol. The van der Waals surface area contributed by atoms with Crippen molar-refractivity contribution in [3.8, 4) is 0 Å². The lowest BCUT2D eigenvalue weighted by atomic mass is 10.1. The van der Waals surface area contributed by atoms with E-state index in [0.717, 1.165) is 24.0 Å². The van der Waals surface area contributed by atoms with E-state index in [9.17, 15) is 0 Å². The third kappa shape index (κ3) is 5.14. The number of benzene rings is 1. The molecule has 1 saturated carbocycles. The maximum absolute atomic E-state index is 8.36. The molecule has 2 rings (SSSR count). The van der Waals surface area contributed by atoms with Gasteiger partial charge in [0, 0.05) is 11.1 Å². The Bertz CT molecular complexity index is 327. The molecule has 2 N–H and O–H groups in total. The molecule has 0 spiro atoms. The molecule has 1 fully saturated rings. The van der Waals surface area contributed by atoms with Crippen LogP contribution in [0.1, 0.15) is 18.4 Å². The Hall–Kier alpha value is -1.06. The van der Waals surface area contributed by atoms with Crippen LogP contribution in [0.25, 0.3) is 0 Å². The average molecular weight is 242 g/mol. The number of carboxylic acid groups (broad SMARTS) is 1. The van der Waals surface area contributed by atoms with E-state index in [1.165, 1.54) is 18.4 Å². The van der Waals surface area contributed by atoms with Crippen LogP contribution in [0.15, 0.2) is 24.3 Å². The molecule has 16 heavy (non-hydrogen) atoms. The minimum atomic E-state index is -0.250. The molecule has 1 aromatic rings. The summed E-state index contributed by atoms with van der Waals surface area (Å²) < 4.78 is 0. The van der Waals surface area contributed by atoms with Crippen LogP contribution in [0, 0.1) is 0 Å². The van der Waals surface area contributed by atoms with Crippen LogP contribution < -0.4 is 5.32 Å². The van der Waals surface area contributed by atoms with Crippen LogP contribution in [0.4, 0.5) is 0 Å². The molecule has 3 nitrogen and oxygen atoms in total. The first kappa shape index (κ1) is 13.0. The highest BCUT2D eigenvalue weighted by Gasteiger charge is 2.19. The lowest BCUT2D eigenvalue weighted by molar-refractivity contribution is -0.122. The molecule has 1 aliphatic carbocycles. The molecule has 0 bridgehead atoms. The third-order valence-electron chi connectivity index (χ3n) is 2.36. The lowest BCUT2D eigenvalue weighted by Crippen LogP contribution is -2.19. The monoisotopic (exact) mass is 241 g/mol. The summed E-state index contributed by atoms with van der Waals surface area (Å²) in [6, 6.07) is 8.85. The average Bonchev–Trinajstić information content (AvgIpc) is 3.06. The quantitative estimate of drug-likeness (QED) is 0.796. The summed E-state index contributed by atoms with van der Waals surface area (Å²) in [5.41, 5.74) is 1.25. The Balaban J connectivity index is 0.000000386. The summed E-state index contributed by atoms with van der Waals surface area (Å²) >= 11 is 6.03. The van der Waals surface area contributed by atoms with E-state index < -0.39 is 0 Å². The second kappa shape index (κ2) is 7.25. The minimum Gasteiger partial charge on any atom is -0.483 e. The standard InChI is InChI=1S/C11H14ClN.CH2O2/c12-11-4-2-1-3-9(11)7-8-13-10-5-6-10;2-1-3/h1-4,10,13H,5-8H2;1H,(H,2,3). The van der Waals surface area contributed by atoms with Gasteiger partial charge in [-0.25, -0.2) is 0 Å². The van der Waals surface area contributed by atoms with E-state index in [1.807, 2.05) is 18.2 Å². The van der Waals surface area contributed by atoms with Crippen LogP contribution >= 0.6 is 11.6 Å². The summed E-state index contributed by atoms with van der Waals surface area (Å²) in [6.07, 6.45) is 3.74. The molecule has 1 aromatic carbocycles. The number of hydrogen-bond acceptors (Lipinski definition) is 2. The minimum absolute atomic E-state index is 0.250. The molecule has 0 aliphatic heterocycles. The first-order chi connectivity index (χ1) is 7.77. The van der Waals surface area contributed by atoms with E-state index in [0.29, 0.717) is 0 Å². The molecule has 0 aromatic heterocycles. The van der Waals surface area contributed by atoms with Gasteiger partial charge in [0.05, 0.1) is 0 Å². The van der Waals surface area contributed by atoms with Crippen molar-refractivity contribution < 1.29 is 9.90 Å². The number of carbonyl (C=O) groups is 1. The molecule has 0 amide bonds. The van der Waals surface area contributed by atoms with Gasteiger partial charge in [-0.05, 0) is 37.4 Å². The van der Waals surface area contributed by atoms with Crippen molar-refractivity contribution in [1.29, 1.82) is 0 Å². The number of rotatable bonds is 4. The third-order valence-corrected chi connectivity index (χ3v) is 2.73. The van der Waals surface area contributed by atoms with Crippen LogP contribution in [-0.4, -0.2) is 24.2 Å². The molecule has 1 aliphatic rings. The van der Waals surface area contributed by atoms with Crippen molar-refractivity contribution >= 4 is 18.1 Å². The van der Waals surface area contributed by atoms with Gasteiger partial charge in [0.25, 0.3) is 6.47 Å². The fourth-order valence-electron chi connectivity index (χ4n) is 1.40. The first-order valence-corrected chi connectivity index (χ1v) is 5.70. The zero-order valence-electron chi connectivity index (χ0n) is 9.03. The van der Waals surface area contributed by atoms with E-state index in [2.05, 4.69) is 11.4 Å². The molecular formula is C12H16ClNO2. The lowest BCUT2D eigenvalue weighted by Gasteiger charge is -2.04. The van der Waals surface area contributed by atoms with Gasteiger partial charge in [0.1, 0.15) is 0 Å². The highest BCUT2D eigenvalue weighted by molar-refractivity contribution is 6.31. The van der Waals surface area contributed by atoms with Crippen molar-refractivity contribution in [2.45, 2.75) is 25.3 Å². The Morgan fingerprint density at radius 1 is 1.44 bits per heavy atom. The maximum atomic E-state index is 8.36. The second-order valence-electron chi connectivity index (χ2n) is 3.68. The van der Waals surface area contributed by atoms with Crippen molar-refractivity contribution in [1.82, 2.24) is 5.32 Å². The predicted octanol–water partition coefficient (Wildman–Crippen LogP) is 2.34. The molecule has 0 heterocycles. The Morgan fingerprint density at radius 3 is 2.62 bits per heavy atom. The maximum Gasteiger partial charge on any atom is 0.290 e. The van der Waals surface area contributed by atoms with Gasteiger partial charge in [-0.1, -0.05) is 29.8 Å². The van der Waals surface area contributed by atoms with Gasteiger partial charge in [-0.3, -0.25) is 4.79 Å². The largest absolute Gasteiger partial charge is 0.483 e. The highest BCUT2D eigenvalue weighted by atomic mass is 35.5. The number of nitrogens with one attached hydrogen (secondary N) is 1. The SMILES string of the molecule is Clc1ccccc1CCNC1CC1.O=CO. The van der Waals surface area contributed by atoms with Crippen molar-refractivity contribution in [2.75, 3.05) is 6.54 Å². The summed E-state index contributed by atoms with van der Waals surface area (Å²) in [4.78, 5) is 8.36. The van der Waals surface area contributed by atoms with Gasteiger partial charge < -0.3 is 10.4 Å². The summed E-state index contributed by atoms with van der Waals surface area (Å²) in [6.45, 7) is 0.800. The molecule has 0 unspecified atom stereocenters. The van der Waals surface area contributed by atoms with Crippen molar-refractivity contribution in [3.05, 3.63) is 34.9 Å². The van der Waals surface area contributed by atoms with Gasteiger partial charge in [-0.2, -0.15) is 0 Å². The molecule has 0 atom stereocenters. The Morgan fingerprint density at radius 2 is 2.06 bits per heavy atom. The van der Waals surface area contributed by atoms with Crippen LogP contribution in [0.2, 0.25) is 5.02 Å². The van der Waals surface area contributed by atoms with Gasteiger partial charge >= 0.3 is 0 Å². The second-order valence-corrected chi connectivity index (χ2v) is 4.08. The van der Waals surface area contributed by atoms with Crippen molar-refractivity contribution in [2.24, 2.45) is 0 Å². The summed E-state index contributed by atoms with van der Waals surface area (Å²) in [5.74, 6) is 0.